The number of methoxy groups -OCH3 is 1. The van der Waals surface area contributed by atoms with Crippen molar-refractivity contribution in [3.63, 3.8) is 0 Å². The van der Waals surface area contributed by atoms with Gasteiger partial charge in [0, 0.05) is 31.7 Å². The maximum atomic E-state index is 13.1. The third-order valence-corrected chi connectivity index (χ3v) is 7.68. The Bertz CT molecular complexity index is 1330. The predicted octanol–water partition coefficient (Wildman–Crippen LogP) is 4.24. The van der Waals surface area contributed by atoms with E-state index in [0.29, 0.717) is 24.3 Å². The van der Waals surface area contributed by atoms with Crippen LogP contribution in [0.4, 0.5) is 11.4 Å². The minimum absolute atomic E-state index is 0.0178. The molecular weight excluding hydrogens is 474 g/mol. The second kappa shape index (κ2) is 10.6. The Morgan fingerprint density at radius 2 is 1.61 bits per heavy atom. The minimum atomic E-state index is -3.49. The van der Waals surface area contributed by atoms with Gasteiger partial charge in [0.05, 0.1) is 31.3 Å². The number of amides is 1. The summed E-state index contributed by atoms with van der Waals surface area (Å²) in [6.45, 7) is 6.74. The number of aryl methyl sites for hydroxylation is 2. The predicted molar refractivity (Wildman–Crippen MR) is 144 cm³/mol. The van der Waals surface area contributed by atoms with Crippen LogP contribution in [0.1, 0.15) is 27.0 Å². The number of ether oxygens (including phenoxy) is 1. The van der Waals surface area contributed by atoms with Gasteiger partial charge in [0.1, 0.15) is 5.75 Å². The molecular formula is C28H33N3O4S. The molecule has 1 aliphatic rings. The molecule has 0 unspecified atom stereocenters. The molecule has 0 radical (unpaired) electrons. The van der Waals surface area contributed by atoms with Gasteiger partial charge in [-0.1, -0.05) is 36.4 Å². The largest absolute Gasteiger partial charge is 0.495 e. The maximum Gasteiger partial charge on any atom is 0.253 e. The van der Waals surface area contributed by atoms with Crippen molar-refractivity contribution in [1.82, 2.24) is 4.90 Å². The molecule has 0 spiro atoms. The van der Waals surface area contributed by atoms with Crippen molar-refractivity contribution >= 4 is 27.3 Å². The molecule has 1 fully saturated rings. The first-order chi connectivity index (χ1) is 17.2. The molecule has 1 saturated heterocycles. The Hall–Kier alpha value is -3.52. The molecule has 1 aliphatic heterocycles. The summed E-state index contributed by atoms with van der Waals surface area (Å²) in [5, 5.41) is 0. The summed E-state index contributed by atoms with van der Waals surface area (Å²) in [6, 6.07) is 20.9. The molecule has 0 saturated carbocycles. The lowest BCUT2D eigenvalue weighted by Crippen LogP contribution is -2.48. The quantitative estimate of drug-likeness (QED) is 0.479. The molecule has 0 aliphatic carbocycles. The number of nitrogens with zero attached hydrogens (tertiary/aromatic N) is 3. The number of para-hydroxylation sites is 2. The van der Waals surface area contributed by atoms with Gasteiger partial charge < -0.3 is 14.5 Å². The molecule has 1 heterocycles. The first kappa shape index (κ1) is 25.6. The van der Waals surface area contributed by atoms with E-state index in [1.54, 1.807) is 19.2 Å². The highest BCUT2D eigenvalue weighted by molar-refractivity contribution is 7.92. The molecule has 4 rings (SSSR count). The zero-order valence-electron chi connectivity index (χ0n) is 21.3. The molecule has 3 aromatic carbocycles. The van der Waals surface area contributed by atoms with Gasteiger partial charge in [-0.3, -0.25) is 9.10 Å². The minimum Gasteiger partial charge on any atom is -0.495 e. The summed E-state index contributed by atoms with van der Waals surface area (Å²) in [5.74, 6) is 0.813. The average Bonchev–Trinajstić information content (AvgIpc) is 2.88. The van der Waals surface area contributed by atoms with Crippen LogP contribution in [0.2, 0.25) is 0 Å². The van der Waals surface area contributed by atoms with Crippen LogP contribution in [0.25, 0.3) is 0 Å². The van der Waals surface area contributed by atoms with Crippen molar-refractivity contribution in [2.45, 2.75) is 20.4 Å². The Balaban J connectivity index is 1.44. The summed E-state index contributed by atoms with van der Waals surface area (Å²) in [6.07, 6.45) is 1.22. The van der Waals surface area contributed by atoms with Gasteiger partial charge in [-0.25, -0.2) is 8.42 Å². The number of carbonyl (C=O) groups is 1. The monoisotopic (exact) mass is 507 g/mol. The average molecular weight is 508 g/mol. The van der Waals surface area contributed by atoms with Gasteiger partial charge in [-0.15, -0.1) is 0 Å². The highest BCUT2D eigenvalue weighted by Gasteiger charge is 2.24. The first-order valence-electron chi connectivity index (χ1n) is 12.0. The third kappa shape index (κ3) is 5.65. The van der Waals surface area contributed by atoms with Crippen molar-refractivity contribution < 1.29 is 17.9 Å². The lowest BCUT2D eigenvalue weighted by molar-refractivity contribution is 0.0746. The van der Waals surface area contributed by atoms with E-state index in [0.717, 1.165) is 41.2 Å². The normalized spacial score (nSPS) is 14.0. The van der Waals surface area contributed by atoms with E-state index in [1.165, 1.54) is 10.6 Å². The fraction of sp³-hybridized carbons (Fsp3) is 0.321. The van der Waals surface area contributed by atoms with Crippen molar-refractivity contribution in [3.05, 3.63) is 89.0 Å². The zero-order valence-corrected chi connectivity index (χ0v) is 22.1. The zero-order chi connectivity index (χ0) is 25.9. The Kier molecular flexibility index (Phi) is 7.54. The van der Waals surface area contributed by atoms with Crippen molar-refractivity contribution in [1.29, 1.82) is 0 Å². The highest BCUT2D eigenvalue weighted by Crippen LogP contribution is 2.29. The SMILES string of the molecule is COc1ccccc1N1CCN(C(=O)c2ccc(CN(c3cc(C)ccc3C)S(C)(=O)=O)cc2)CC1. The van der Waals surface area contributed by atoms with E-state index in [4.69, 9.17) is 4.74 Å². The summed E-state index contributed by atoms with van der Waals surface area (Å²) in [7, 11) is -1.82. The number of hydrogen-bond donors (Lipinski definition) is 0. The molecule has 190 valence electrons. The van der Waals surface area contributed by atoms with Gasteiger partial charge in [0.25, 0.3) is 5.91 Å². The van der Waals surface area contributed by atoms with Gasteiger partial charge in [0.15, 0.2) is 0 Å². The van der Waals surface area contributed by atoms with E-state index in [9.17, 15) is 13.2 Å². The van der Waals surface area contributed by atoms with Gasteiger partial charge >= 0.3 is 0 Å². The Labute approximate surface area is 214 Å². The topological polar surface area (TPSA) is 70.2 Å². The lowest BCUT2D eigenvalue weighted by atomic mass is 10.1. The molecule has 0 aromatic heterocycles. The Morgan fingerprint density at radius 3 is 2.25 bits per heavy atom. The molecule has 0 N–H and O–H groups in total. The van der Waals surface area contributed by atoms with Crippen LogP contribution in [0.3, 0.4) is 0 Å². The van der Waals surface area contributed by atoms with Crippen LogP contribution < -0.4 is 13.9 Å². The molecule has 3 aromatic rings. The number of piperazine rings is 1. The number of benzene rings is 3. The number of sulfonamides is 1. The van der Waals surface area contributed by atoms with Crippen LogP contribution in [0, 0.1) is 13.8 Å². The number of carbonyl (C=O) groups excluding carboxylic acids is 1. The van der Waals surface area contributed by atoms with Crippen LogP contribution in [0.15, 0.2) is 66.7 Å². The van der Waals surface area contributed by atoms with Gasteiger partial charge in [0.2, 0.25) is 10.0 Å². The second-order valence-electron chi connectivity index (χ2n) is 9.21. The molecule has 0 bridgehead atoms. The molecule has 0 atom stereocenters. The van der Waals surface area contributed by atoms with E-state index in [-0.39, 0.29) is 12.5 Å². The molecule has 36 heavy (non-hydrogen) atoms. The van der Waals surface area contributed by atoms with Crippen molar-refractivity contribution in [2.24, 2.45) is 0 Å². The standard InChI is InChI=1S/C28H33N3O4S/c1-21-9-10-22(2)26(19-21)31(36(4,33)34)20-23-11-13-24(14-12-23)28(32)30-17-15-29(16-18-30)25-7-5-6-8-27(25)35-3/h5-14,19H,15-18,20H2,1-4H3. The van der Waals surface area contributed by atoms with Gasteiger partial charge in [-0.05, 0) is 60.9 Å². The molecule has 7 nitrogen and oxygen atoms in total. The number of rotatable bonds is 7. The summed E-state index contributed by atoms with van der Waals surface area (Å²) >= 11 is 0. The smallest absolute Gasteiger partial charge is 0.253 e. The highest BCUT2D eigenvalue weighted by atomic mass is 32.2. The fourth-order valence-electron chi connectivity index (χ4n) is 4.51. The fourth-order valence-corrected chi connectivity index (χ4v) is 5.45. The lowest BCUT2D eigenvalue weighted by Gasteiger charge is -2.36. The molecule has 8 heteroatoms. The van der Waals surface area contributed by atoms with Crippen LogP contribution in [-0.2, 0) is 16.6 Å². The van der Waals surface area contributed by atoms with Crippen molar-refractivity contribution in [2.75, 3.05) is 48.7 Å². The van der Waals surface area contributed by atoms with E-state index >= 15 is 0 Å². The third-order valence-electron chi connectivity index (χ3n) is 6.55. The first-order valence-corrected chi connectivity index (χ1v) is 13.8. The van der Waals surface area contributed by atoms with E-state index < -0.39 is 10.0 Å². The molecule has 1 amide bonds. The van der Waals surface area contributed by atoms with Crippen LogP contribution in [-0.4, -0.2) is 58.8 Å². The summed E-state index contributed by atoms with van der Waals surface area (Å²) < 4.78 is 32.1. The summed E-state index contributed by atoms with van der Waals surface area (Å²) in [4.78, 5) is 17.2. The van der Waals surface area contributed by atoms with E-state index in [1.807, 2.05) is 73.3 Å². The number of anilines is 2. The van der Waals surface area contributed by atoms with Crippen LogP contribution in [0.5, 0.6) is 5.75 Å². The second-order valence-corrected chi connectivity index (χ2v) is 11.1. The van der Waals surface area contributed by atoms with Crippen LogP contribution >= 0.6 is 0 Å². The van der Waals surface area contributed by atoms with Gasteiger partial charge in [-0.2, -0.15) is 0 Å². The Morgan fingerprint density at radius 1 is 0.944 bits per heavy atom. The number of hydrogen-bond acceptors (Lipinski definition) is 5. The maximum absolute atomic E-state index is 13.1. The van der Waals surface area contributed by atoms with E-state index in [2.05, 4.69) is 4.90 Å². The summed E-state index contributed by atoms with van der Waals surface area (Å²) in [5.41, 5.74) is 5.02. The van der Waals surface area contributed by atoms with Crippen molar-refractivity contribution in [3.8, 4) is 5.75 Å².